The quantitative estimate of drug-likeness (QED) is 0.716. The molecular formula is C10H22N2O2S. The third-order valence-electron chi connectivity index (χ3n) is 2.79. The van der Waals surface area contributed by atoms with E-state index >= 15 is 0 Å². The van der Waals surface area contributed by atoms with Crippen molar-refractivity contribution >= 4 is 10.0 Å². The first-order valence-corrected chi connectivity index (χ1v) is 7.40. The van der Waals surface area contributed by atoms with Crippen molar-refractivity contribution < 1.29 is 8.42 Å². The topological polar surface area (TPSA) is 49.4 Å². The van der Waals surface area contributed by atoms with Crippen LogP contribution in [0.15, 0.2) is 0 Å². The van der Waals surface area contributed by atoms with Crippen molar-refractivity contribution in [1.29, 1.82) is 0 Å². The maximum Gasteiger partial charge on any atom is 0.214 e. The zero-order valence-electron chi connectivity index (χ0n) is 9.54. The van der Waals surface area contributed by atoms with Crippen LogP contribution < -0.4 is 5.32 Å². The zero-order valence-corrected chi connectivity index (χ0v) is 10.4. The number of rotatable bonds is 5. The van der Waals surface area contributed by atoms with E-state index in [9.17, 15) is 8.42 Å². The monoisotopic (exact) mass is 234 g/mol. The lowest BCUT2D eigenvalue weighted by molar-refractivity contribution is 0.422. The van der Waals surface area contributed by atoms with Crippen LogP contribution in [0.1, 0.15) is 32.1 Å². The molecule has 1 heterocycles. The SMILES string of the molecule is CNCCCS(=O)(=O)N1CCCCCC1. The van der Waals surface area contributed by atoms with Gasteiger partial charge in [-0.25, -0.2) is 12.7 Å². The lowest BCUT2D eigenvalue weighted by Crippen LogP contribution is -2.34. The van der Waals surface area contributed by atoms with Crippen molar-refractivity contribution in [2.24, 2.45) is 0 Å². The van der Waals surface area contributed by atoms with Gasteiger partial charge < -0.3 is 5.32 Å². The van der Waals surface area contributed by atoms with E-state index in [1.54, 1.807) is 4.31 Å². The summed E-state index contributed by atoms with van der Waals surface area (Å²) in [6.45, 7) is 2.22. The molecule has 90 valence electrons. The lowest BCUT2D eigenvalue weighted by Gasteiger charge is -2.19. The number of hydrogen-bond donors (Lipinski definition) is 1. The molecular weight excluding hydrogens is 212 g/mol. The number of hydrogen-bond acceptors (Lipinski definition) is 3. The predicted molar refractivity (Wildman–Crippen MR) is 62.4 cm³/mol. The van der Waals surface area contributed by atoms with Gasteiger partial charge in [-0.2, -0.15) is 0 Å². The van der Waals surface area contributed by atoms with Crippen molar-refractivity contribution in [2.45, 2.75) is 32.1 Å². The first-order valence-electron chi connectivity index (χ1n) is 5.79. The normalized spacial score (nSPS) is 20.1. The Hall–Kier alpha value is -0.130. The third-order valence-corrected chi connectivity index (χ3v) is 4.74. The second-order valence-electron chi connectivity index (χ2n) is 4.09. The van der Waals surface area contributed by atoms with Crippen LogP contribution in [-0.2, 0) is 10.0 Å². The highest BCUT2D eigenvalue weighted by Crippen LogP contribution is 2.13. The summed E-state index contributed by atoms with van der Waals surface area (Å²) >= 11 is 0. The van der Waals surface area contributed by atoms with Gasteiger partial charge >= 0.3 is 0 Å². The van der Waals surface area contributed by atoms with Gasteiger partial charge in [0, 0.05) is 13.1 Å². The van der Waals surface area contributed by atoms with E-state index in [1.165, 1.54) is 12.8 Å². The van der Waals surface area contributed by atoms with Gasteiger partial charge in [-0.15, -0.1) is 0 Å². The summed E-state index contributed by atoms with van der Waals surface area (Å²) in [4.78, 5) is 0. The van der Waals surface area contributed by atoms with E-state index in [-0.39, 0.29) is 5.75 Å². The molecule has 0 aromatic heterocycles. The Labute approximate surface area is 93.1 Å². The summed E-state index contributed by atoms with van der Waals surface area (Å²) in [5.74, 6) is 0.286. The highest BCUT2D eigenvalue weighted by Gasteiger charge is 2.21. The fourth-order valence-corrected chi connectivity index (χ4v) is 3.46. The Kier molecular flexibility index (Phi) is 5.56. The Bertz CT molecular complexity index is 257. The Balaban J connectivity index is 2.43. The van der Waals surface area contributed by atoms with Crippen LogP contribution in [-0.4, -0.2) is 45.2 Å². The minimum atomic E-state index is -2.99. The smallest absolute Gasteiger partial charge is 0.214 e. The van der Waals surface area contributed by atoms with Crippen molar-refractivity contribution in [2.75, 3.05) is 32.4 Å². The summed E-state index contributed by atoms with van der Waals surface area (Å²) in [7, 11) is -1.14. The number of nitrogens with zero attached hydrogens (tertiary/aromatic N) is 1. The predicted octanol–water partition coefficient (Wildman–Crippen LogP) is 0.802. The van der Waals surface area contributed by atoms with E-state index in [1.807, 2.05) is 7.05 Å². The maximum absolute atomic E-state index is 11.9. The fourth-order valence-electron chi connectivity index (χ4n) is 1.88. The Morgan fingerprint density at radius 3 is 2.27 bits per heavy atom. The van der Waals surface area contributed by atoms with Gasteiger partial charge in [0.1, 0.15) is 0 Å². The van der Waals surface area contributed by atoms with Gasteiger partial charge in [0.2, 0.25) is 10.0 Å². The number of sulfonamides is 1. The molecule has 1 aliphatic heterocycles. The van der Waals surface area contributed by atoms with Crippen LogP contribution in [0.4, 0.5) is 0 Å². The molecule has 1 fully saturated rings. The second-order valence-corrected chi connectivity index (χ2v) is 6.17. The highest BCUT2D eigenvalue weighted by molar-refractivity contribution is 7.89. The van der Waals surface area contributed by atoms with Crippen molar-refractivity contribution in [3.63, 3.8) is 0 Å². The van der Waals surface area contributed by atoms with Gasteiger partial charge in [-0.3, -0.25) is 0 Å². The summed E-state index contributed by atoms with van der Waals surface area (Å²) in [5.41, 5.74) is 0. The average molecular weight is 234 g/mol. The minimum Gasteiger partial charge on any atom is -0.320 e. The molecule has 0 unspecified atom stereocenters. The van der Waals surface area contributed by atoms with Crippen molar-refractivity contribution in [1.82, 2.24) is 9.62 Å². The van der Waals surface area contributed by atoms with Crippen molar-refractivity contribution in [3.8, 4) is 0 Å². The molecule has 1 aliphatic rings. The van der Waals surface area contributed by atoms with Crippen LogP contribution in [0.2, 0.25) is 0 Å². The maximum atomic E-state index is 11.9. The molecule has 0 aromatic rings. The lowest BCUT2D eigenvalue weighted by atomic mass is 10.2. The van der Waals surface area contributed by atoms with Crippen LogP contribution in [0, 0.1) is 0 Å². The van der Waals surface area contributed by atoms with Gasteiger partial charge in [-0.05, 0) is 32.9 Å². The molecule has 0 saturated carbocycles. The van der Waals surface area contributed by atoms with Crippen LogP contribution in [0.25, 0.3) is 0 Å². The van der Waals surface area contributed by atoms with E-state index in [2.05, 4.69) is 5.32 Å². The molecule has 15 heavy (non-hydrogen) atoms. The molecule has 0 aromatic carbocycles. The summed E-state index contributed by atoms with van der Waals surface area (Å²) in [6.07, 6.45) is 5.08. The molecule has 0 bridgehead atoms. The zero-order chi connectivity index (χ0) is 11.1. The molecule has 0 radical (unpaired) electrons. The standard InChI is InChI=1S/C10H22N2O2S/c1-11-7-6-10-15(13,14)12-8-4-2-3-5-9-12/h11H,2-10H2,1H3. The molecule has 1 rings (SSSR count). The van der Waals surface area contributed by atoms with Crippen LogP contribution in [0.3, 0.4) is 0 Å². The minimum absolute atomic E-state index is 0.286. The molecule has 0 atom stereocenters. The highest BCUT2D eigenvalue weighted by atomic mass is 32.2. The Morgan fingerprint density at radius 1 is 1.13 bits per heavy atom. The van der Waals surface area contributed by atoms with E-state index < -0.39 is 10.0 Å². The number of nitrogens with one attached hydrogen (secondary N) is 1. The van der Waals surface area contributed by atoms with Gasteiger partial charge in [0.15, 0.2) is 0 Å². The van der Waals surface area contributed by atoms with Gasteiger partial charge in [0.25, 0.3) is 0 Å². The van der Waals surface area contributed by atoms with Gasteiger partial charge in [0.05, 0.1) is 5.75 Å². The fraction of sp³-hybridized carbons (Fsp3) is 1.00. The van der Waals surface area contributed by atoms with E-state index in [0.717, 1.165) is 32.5 Å². The molecule has 0 aliphatic carbocycles. The van der Waals surface area contributed by atoms with Gasteiger partial charge in [-0.1, -0.05) is 12.8 Å². The summed E-state index contributed by atoms with van der Waals surface area (Å²) < 4.78 is 25.5. The summed E-state index contributed by atoms with van der Waals surface area (Å²) in [6, 6.07) is 0. The van der Waals surface area contributed by atoms with E-state index in [0.29, 0.717) is 6.42 Å². The van der Waals surface area contributed by atoms with Crippen LogP contribution in [0.5, 0.6) is 0 Å². The largest absolute Gasteiger partial charge is 0.320 e. The first-order chi connectivity index (χ1) is 7.17. The molecule has 5 heteroatoms. The molecule has 0 spiro atoms. The molecule has 1 N–H and O–H groups in total. The molecule has 0 amide bonds. The Morgan fingerprint density at radius 2 is 1.73 bits per heavy atom. The van der Waals surface area contributed by atoms with Crippen LogP contribution >= 0.6 is 0 Å². The van der Waals surface area contributed by atoms with Crippen molar-refractivity contribution in [3.05, 3.63) is 0 Å². The third kappa shape index (κ3) is 4.49. The van der Waals surface area contributed by atoms with E-state index in [4.69, 9.17) is 0 Å². The summed E-state index contributed by atoms with van der Waals surface area (Å²) in [5, 5.41) is 2.97. The molecule has 1 saturated heterocycles. The first kappa shape index (κ1) is 12.9. The molecule has 4 nitrogen and oxygen atoms in total. The second kappa shape index (κ2) is 6.45. The average Bonchev–Trinajstić information content (AvgIpc) is 2.46.